The van der Waals surface area contributed by atoms with Crippen molar-refractivity contribution in [3.05, 3.63) is 81.8 Å². The molecular weight excluding hydrogens is 628 g/mol. The van der Waals surface area contributed by atoms with Crippen LogP contribution in [0.25, 0.3) is 0 Å². The third-order valence-corrected chi connectivity index (χ3v) is 7.64. The number of carboxylic acids is 1. The number of carbonyl (C=O) groups is 2. The Kier molecular flexibility index (Phi) is 10.5. The molecule has 1 spiro atoms. The number of nitrogens with zero attached hydrogens (tertiary/aromatic N) is 1. The molecule has 3 aromatic rings. The van der Waals surface area contributed by atoms with Crippen LogP contribution in [-0.4, -0.2) is 76.2 Å². The predicted molar refractivity (Wildman–Crippen MR) is 157 cm³/mol. The summed E-state index contributed by atoms with van der Waals surface area (Å²) in [5.74, 6) is -2.14. The first-order chi connectivity index (χ1) is 20.7. The zero-order chi connectivity index (χ0) is 32.1. The van der Waals surface area contributed by atoms with E-state index in [9.17, 15) is 28.2 Å². The number of aromatic hydroxyl groups is 1. The molecule has 2 aliphatic heterocycles. The number of phenolic OH excluding ortho intramolecular Hbond substituents is 1. The summed E-state index contributed by atoms with van der Waals surface area (Å²) in [6.45, 7) is 2.00. The van der Waals surface area contributed by atoms with E-state index < -0.39 is 18.2 Å². The van der Waals surface area contributed by atoms with E-state index in [4.69, 9.17) is 42.6 Å². The van der Waals surface area contributed by atoms with E-state index in [0.29, 0.717) is 17.8 Å². The maximum atomic E-state index is 12.6. The highest BCUT2D eigenvalue weighted by molar-refractivity contribution is 6.32. The molecule has 2 heterocycles. The molecule has 236 valence electrons. The molecule has 0 radical (unpaired) electrons. The number of amides is 1. The summed E-state index contributed by atoms with van der Waals surface area (Å²) in [6, 6.07) is 17.3. The number of carboxylic acid groups (broad SMARTS) is 1. The van der Waals surface area contributed by atoms with Crippen LogP contribution in [-0.2, 0) is 11.2 Å². The summed E-state index contributed by atoms with van der Waals surface area (Å²) in [6.07, 6.45) is -3.30. The number of ether oxygens (including phenoxy) is 2. The Bertz CT molecular complexity index is 1480. The second-order valence-corrected chi connectivity index (χ2v) is 11.2. The zero-order valence-electron chi connectivity index (χ0n) is 23.1. The van der Waals surface area contributed by atoms with Gasteiger partial charge in [-0.1, -0.05) is 41.4 Å². The van der Waals surface area contributed by atoms with Crippen LogP contribution < -0.4 is 14.8 Å². The molecule has 0 aromatic heterocycles. The third kappa shape index (κ3) is 8.69. The van der Waals surface area contributed by atoms with Crippen LogP contribution >= 0.6 is 23.2 Å². The summed E-state index contributed by atoms with van der Waals surface area (Å²) in [5, 5.41) is 31.4. The van der Waals surface area contributed by atoms with Crippen LogP contribution in [0.4, 0.5) is 18.9 Å². The highest BCUT2D eigenvalue weighted by Crippen LogP contribution is 2.42. The minimum absolute atomic E-state index is 0.0165. The SMILES string of the molecule is O=C(Nc1cc(Cl)c(O)cc1OC[C@@H](O)CN1CCC2(CC1)Cc1cc(Cl)ccc1O2)c1ccccc1.O=C(O)C(F)(F)F. The molecule has 14 heteroatoms. The third-order valence-electron chi connectivity index (χ3n) is 7.10. The number of hydrogen-bond acceptors (Lipinski definition) is 7. The van der Waals surface area contributed by atoms with Crippen molar-refractivity contribution in [1.29, 1.82) is 0 Å². The lowest BCUT2D eigenvalue weighted by Crippen LogP contribution is -2.49. The number of piperidine rings is 1. The monoisotopic (exact) mass is 656 g/mol. The van der Waals surface area contributed by atoms with E-state index in [1.165, 1.54) is 12.1 Å². The number of phenols is 1. The van der Waals surface area contributed by atoms with Gasteiger partial charge in [-0.2, -0.15) is 13.2 Å². The van der Waals surface area contributed by atoms with Crippen LogP contribution in [0.1, 0.15) is 28.8 Å². The maximum Gasteiger partial charge on any atom is 0.490 e. The molecule has 1 saturated heterocycles. The number of aliphatic carboxylic acids is 1. The molecule has 0 bridgehead atoms. The number of likely N-dealkylation sites (tertiary alicyclic amines) is 1. The fourth-order valence-electron chi connectivity index (χ4n) is 4.90. The van der Waals surface area contributed by atoms with E-state index in [0.717, 1.165) is 48.7 Å². The van der Waals surface area contributed by atoms with Crippen molar-refractivity contribution in [3.63, 3.8) is 0 Å². The van der Waals surface area contributed by atoms with Crippen molar-refractivity contribution in [2.45, 2.75) is 37.1 Å². The van der Waals surface area contributed by atoms with Gasteiger partial charge in [-0.05, 0) is 42.0 Å². The van der Waals surface area contributed by atoms with Gasteiger partial charge < -0.3 is 35.0 Å². The summed E-state index contributed by atoms with van der Waals surface area (Å²) in [5.41, 5.74) is 1.72. The fraction of sp³-hybridized carbons (Fsp3) is 0.333. The molecule has 3 aromatic carbocycles. The number of alkyl halides is 3. The first-order valence-electron chi connectivity index (χ1n) is 13.4. The standard InChI is InChI=1S/C28H28Cl2N2O5.C2HF3O2/c29-20-6-7-25-19(12-20)15-28(37-25)8-10-32(11-9-28)16-21(33)17-36-26-14-24(34)22(30)13-23(26)31-27(35)18-4-2-1-3-5-18;3-2(4,5)1(6)7/h1-7,12-14,21,33-34H,8-11,15-17H2,(H,31,35);(H,6,7)/t21-;/m0./s1. The summed E-state index contributed by atoms with van der Waals surface area (Å²) in [4.78, 5) is 23.7. The predicted octanol–water partition coefficient (Wildman–Crippen LogP) is 5.79. The van der Waals surface area contributed by atoms with E-state index in [2.05, 4.69) is 10.2 Å². The average molecular weight is 657 g/mol. The molecule has 44 heavy (non-hydrogen) atoms. The minimum atomic E-state index is -5.08. The quantitative estimate of drug-likeness (QED) is 0.235. The smallest absolute Gasteiger partial charge is 0.490 e. The molecule has 1 fully saturated rings. The number of aliphatic hydroxyl groups excluding tert-OH is 1. The lowest BCUT2D eigenvalue weighted by atomic mass is 9.87. The van der Waals surface area contributed by atoms with Gasteiger partial charge in [0.25, 0.3) is 5.91 Å². The van der Waals surface area contributed by atoms with Crippen LogP contribution in [0.3, 0.4) is 0 Å². The van der Waals surface area contributed by atoms with E-state index >= 15 is 0 Å². The fourth-order valence-corrected chi connectivity index (χ4v) is 5.26. The van der Waals surface area contributed by atoms with Crippen LogP contribution in [0.15, 0.2) is 60.7 Å². The maximum absolute atomic E-state index is 12.6. The van der Waals surface area contributed by atoms with Crippen molar-refractivity contribution < 1.29 is 47.6 Å². The molecule has 1 amide bonds. The first kappa shape index (κ1) is 33.2. The van der Waals surface area contributed by atoms with Gasteiger partial charge in [-0.3, -0.25) is 4.79 Å². The van der Waals surface area contributed by atoms with Crippen molar-refractivity contribution >= 4 is 40.8 Å². The lowest BCUT2D eigenvalue weighted by Gasteiger charge is -2.39. The zero-order valence-corrected chi connectivity index (χ0v) is 24.6. The Hall–Kier alpha value is -3.71. The largest absolute Gasteiger partial charge is 0.506 e. The molecule has 9 nitrogen and oxygen atoms in total. The lowest BCUT2D eigenvalue weighted by molar-refractivity contribution is -0.192. The number of β-amino-alcohol motifs (C(OH)–C–C–N with tert-alkyl or cyclic N) is 1. The Labute approximate surface area is 260 Å². The van der Waals surface area contributed by atoms with Gasteiger partial charge in [0, 0.05) is 55.5 Å². The van der Waals surface area contributed by atoms with Gasteiger partial charge in [0.2, 0.25) is 0 Å². The number of fused-ring (bicyclic) bond motifs is 1. The van der Waals surface area contributed by atoms with Gasteiger partial charge in [0.1, 0.15) is 35.6 Å². The van der Waals surface area contributed by atoms with E-state index in [-0.39, 0.29) is 34.6 Å². The topological polar surface area (TPSA) is 129 Å². The first-order valence-corrected chi connectivity index (χ1v) is 14.2. The second kappa shape index (κ2) is 13.9. The minimum Gasteiger partial charge on any atom is -0.506 e. The molecular formula is C30H29Cl2F3N2O7. The van der Waals surface area contributed by atoms with E-state index in [1.54, 1.807) is 24.3 Å². The molecule has 5 rings (SSSR count). The molecule has 0 unspecified atom stereocenters. The van der Waals surface area contributed by atoms with Crippen molar-refractivity contribution in [3.8, 4) is 17.2 Å². The van der Waals surface area contributed by atoms with Gasteiger partial charge in [-0.15, -0.1) is 0 Å². The Morgan fingerprint density at radius 3 is 2.36 bits per heavy atom. The highest BCUT2D eigenvalue weighted by atomic mass is 35.5. The number of anilines is 1. The van der Waals surface area contributed by atoms with Crippen molar-refractivity contribution in [2.75, 3.05) is 31.6 Å². The molecule has 0 aliphatic carbocycles. The molecule has 4 N–H and O–H groups in total. The summed E-state index contributed by atoms with van der Waals surface area (Å²) < 4.78 is 43.9. The molecule has 1 atom stereocenters. The van der Waals surface area contributed by atoms with Crippen LogP contribution in [0.5, 0.6) is 17.2 Å². The van der Waals surface area contributed by atoms with Gasteiger partial charge in [0.15, 0.2) is 0 Å². The summed E-state index contributed by atoms with van der Waals surface area (Å²) >= 11 is 12.2. The Morgan fingerprint density at radius 2 is 1.73 bits per heavy atom. The van der Waals surface area contributed by atoms with Crippen molar-refractivity contribution in [1.82, 2.24) is 4.90 Å². The number of rotatable bonds is 7. The number of halogens is 5. The number of nitrogens with one attached hydrogen (secondary N) is 1. The summed E-state index contributed by atoms with van der Waals surface area (Å²) in [7, 11) is 0. The molecule has 2 aliphatic rings. The molecule has 0 saturated carbocycles. The van der Waals surface area contributed by atoms with Crippen LogP contribution in [0, 0.1) is 0 Å². The number of benzene rings is 3. The Balaban J connectivity index is 0.000000566. The van der Waals surface area contributed by atoms with Gasteiger partial charge in [0.05, 0.1) is 10.7 Å². The normalized spacial score (nSPS) is 16.2. The van der Waals surface area contributed by atoms with E-state index in [1.807, 2.05) is 24.3 Å². The number of hydrogen-bond donors (Lipinski definition) is 4. The van der Waals surface area contributed by atoms with Gasteiger partial charge >= 0.3 is 12.1 Å². The average Bonchev–Trinajstić information content (AvgIpc) is 3.32. The Morgan fingerprint density at radius 1 is 1.07 bits per heavy atom. The second-order valence-electron chi connectivity index (χ2n) is 10.4. The van der Waals surface area contributed by atoms with Gasteiger partial charge in [-0.25, -0.2) is 4.79 Å². The number of aliphatic hydroxyl groups is 1. The number of carbonyl (C=O) groups excluding carboxylic acids is 1. The van der Waals surface area contributed by atoms with Crippen molar-refractivity contribution in [2.24, 2.45) is 0 Å². The van der Waals surface area contributed by atoms with Crippen LogP contribution in [0.2, 0.25) is 10.0 Å². The highest BCUT2D eigenvalue weighted by Gasteiger charge is 2.42.